The standard InChI is InChI=1S/C8H5/c1-2-8-5-3-7(1)4-6-8/h1-5H. The Morgan fingerprint density at radius 1 is 1.00 bits per heavy atom. The summed E-state index contributed by atoms with van der Waals surface area (Å²) >= 11 is 0. The van der Waals surface area contributed by atoms with Crippen LogP contribution in [-0.2, 0) is 0 Å². The molecule has 1 radical (unpaired) electrons. The van der Waals surface area contributed by atoms with E-state index in [4.69, 9.17) is 0 Å². The first-order valence-electron chi connectivity index (χ1n) is 2.65. The van der Waals surface area contributed by atoms with Gasteiger partial charge in [0.2, 0.25) is 0 Å². The fourth-order valence-corrected chi connectivity index (χ4v) is 0.842. The van der Waals surface area contributed by atoms with Crippen LogP contribution in [0.4, 0.5) is 0 Å². The Balaban J connectivity index is 3.05. The highest BCUT2D eigenvalue weighted by Gasteiger charge is 1.85. The summed E-state index contributed by atoms with van der Waals surface area (Å²) in [5.41, 5.74) is 0. The highest BCUT2D eigenvalue weighted by molar-refractivity contribution is 5.67. The summed E-state index contributed by atoms with van der Waals surface area (Å²) in [5.74, 6) is 0. The predicted molar refractivity (Wildman–Crippen MR) is 34.0 cm³/mol. The predicted octanol–water partition coefficient (Wildman–Crippen LogP) is 2.08. The quantitative estimate of drug-likeness (QED) is 0.476. The number of hydrogen-bond donors (Lipinski definition) is 0. The summed E-state index contributed by atoms with van der Waals surface area (Å²) in [5, 5.41) is 2.43. The summed E-state index contributed by atoms with van der Waals surface area (Å²) in [6, 6.07) is 13.4. The van der Waals surface area contributed by atoms with Crippen molar-refractivity contribution in [3.05, 3.63) is 36.4 Å². The fraction of sp³-hybridized carbons (Fsp3) is 0. The van der Waals surface area contributed by atoms with Gasteiger partial charge in [0.15, 0.2) is 0 Å². The van der Waals surface area contributed by atoms with E-state index in [2.05, 4.69) is 30.3 Å². The number of hydrogen-bond acceptors (Lipinski definition) is 0. The van der Waals surface area contributed by atoms with Crippen molar-refractivity contribution in [3.63, 3.8) is 0 Å². The molecule has 3 aromatic carbocycles. The second-order valence-electron chi connectivity index (χ2n) is 1.91. The van der Waals surface area contributed by atoms with Gasteiger partial charge in [0.05, 0.1) is 0 Å². The molecule has 0 atom stereocenters. The molecule has 0 amide bonds. The summed E-state index contributed by atoms with van der Waals surface area (Å²) in [6.07, 6.45) is 0. The van der Waals surface area contributed by atoms with Gasteiger partial charge in [0.25, 0.3) is 0 Å². The lowest BCUT2D eigenvalue weighted by molar-refractivity contribution is 1.75. The van der Waals surface area contributed by atoms with Gasteiger partial charge in [0.1, 0.15) is 0 Å². The van der Waals surface area contributed by atoms with Crippen LogP contribution in [0.5, 0.6) is 0 Å². The normalized spacial score (nSPS) is 10.5. The molecular formula is C8H5. The molecule has 0 heterocycles. The molecular weight excluding hydrogens is 96.1 g/mol. The van der Waals surface area contributed by atoms with Crippen molar-refractivity contribution in [1.29, 1.82) is 0 Å². The average Bonchev–Trinajstić information content (AvgIpc) is 1.92. The SMILES string of the molecule is [c]1cc2ccc1cc2. The van der Waals surface area contributed by atoms with Gasteiger partial charge in [0, 0.05) is 0 Å². The van der Waals surface area contributed by atoms with Crippen molar-refractivity contribution in [2.45, 2.75) is 0 Å². The second kappa shape index (κ2) is 1.22. The third kappa shape index (κ3) is 0.399. The van der Waals surface area contributed by atoms with E-state index >= 15 is 0 Å². The van der Waals surface area contributed by atoms with E-state index in [1.54, 1.807) is 0 Å². The zero-order valence-corrected chi connectivity index (χ0v) is 4.39. The van der Waals surface area contributed by atoms with Gasteiger partial charge in [-0.2, -0.15) is 0 Å². The zero-order chi connectivity index (χ0) is 5.40. The molecule has 0 aliphatic rings. The minimum absolute atomic E-state index is 1.18. The molecule has 0 spiro atoms. The van der Waals surface area contributed by atoms with Gasteiger partial charge in [-0.15, -0.1) is 0 Å². The van der Waals surface area contributed by atoms with Crippen LogP contribution in [0.15, 0.2) is 30.3 Å². The topological polar surface area (TPSA) is 0 Å². The molecule has 0 nitrogen and oxygen atoms in total. The molecule has 0 aliphatic heterocycles. The van der Waals surface area contributed by atoms with Crippen LogP contribution in [0.2, 0.25) is 0 Å². The van der Waals surface area contributed by atoms with Crippen molar-refractivity contribution < 1.29 is 0 Å². The maximum atomic E-state index is 3.10. The van der Waals surface area contributed by atoms with E-state index in [-0.39, 0.29) is 0 Å². The number of fused-ring (bicyclic) bond motifs is 3. The first-order chi connectivity index (χ1) is 3.95. The van der Waals surface area contributed by atoms with Crippen LogP contribution in [0.3, 0.4) is 0 Å². The van der Waals surface area contributed by atoms with Crippen molar-refractivity contribution in [2.24, 2.45) is 0 Å². The Bertz CT molecular complexity index is 195. The van der Waals surface area contributed by atoms with Gasteiger partial charge in [-0.3, -0.25) is 0 Å². The minimum atomic E-state index is 1.18. The van der Waals surface area contributed by atoms with Gasteiger partial charge in [-0.25, -0.2) is 0 Å². The number of rotatable bonds is 0. The molecule has 0 saturated heterocycles. The summed E-state index contributed by atoms with van der Waals surface area (Å²) < 4.78 is 0. The second-order valence-corrected chi connectivity index (χ2v) is 1.91. The molecule has 0 unspecified atom stereocenters. The highest BCUT2D eigenvalue weighted by atomic mass is 13.9. The molecule has 0 saturated carbocycles. The van der Waals surface area contributed by atoms with E-state index in [0.29, 0.717) is 0 Å². The summed E-state index contributed by atoms with van der Waals surface area (Å²) in [7, 11) is 0. The lowest BCUT2D eigenvalue weighted by atomic mass is 10.1. The first kappa shape index (κ1) is 3.90. The smallest absolute Gasteiger partial charge is 0.00992 e. The van der Waals surface area contributed by atoms with Crippen molar-refractivity contribution >= 4 is 10.8 Å². The van der Waals surface area contributed by atoms with Gasteiger partial charge >= 0.3 is 0 Å². The summed E-state index contributed by atoms with van der Waals surface area (Å²) in [6.45, 7) is 0. The van der Waals surface area contributed by atoms with Crippen LogP contribution < -0.4 is 0 Å². The Kier molecular flexibility index (Phi) is 0.595. The molecule has 8 heavy (non-hydrogen) atoms. The van der Waals surface area contributed by atoms with Gasteiger partial charge in [-0.1, -0.05) is 24.3 Å². The number of benzene rings is 3. The van der Waals surface area contributed by atoms with Gasteiger partial charge < -0.3 is 0 Å². The van der Waals surface area contributed by atoms with Crippen LogP contribution in [-0.4, -0.2) is 0 Å². The Morgan fingerprint density at radius 2 is 1.75 bits per heavy atom. The van der Waals surface area contributed by atoms with Gasteiger partial charge in [-0.05, 0) is 22.9 Å². The molecule has 3 rings (SSSR count). The van der Waals surface area contributed by atoms with Crippen LogP contribution in [0.1, 0.15) is 0 Å². The molecule has 0 fully saturated rings. The molecule has 0 N–H and O–H groups in total. The molecule has 3 aromatic rings. The maximum absolute atomic E-state index is 3.10. The Hall–Kier alpha value is -1.04. The van der Waals surface area contributed by atoms with E-state index < -0.39 is 0 Å². The molecule has 37 valence electrons. The third-order valence-corrected chi connectivity index (χ3v) is 1.32. The average molecular weight is 101 g/mol. The third-order valence-electron chi connectivity index (χ3n) is 1.32. The van der Waals surface area contributed by atoms with Crippen molar-refractivity contribution in [1.82, 2.24) is 0 Å². The largest absolute Gasteiger partial charge is 0.0543 e. The molecule has 0 heteroatoms. The fourth-order valence-electron chi connectivity index (χ4n) is 0.842. The van der Waals surface area contributed by atoms with Crippen molar-refractivity contribution in [2.75, 3.05) is 0 Å². The monoisotopic (exact) mass is 101 g/mol. The van der Waals surface area contributed by atoms with Crippen LogP contribution >= 0.6 is 0 Å². The van der Waals surface area contributed by atoms with Crippen LogP contribution in [0, 0.1) is 6.07 Å². The van der Waals surface area contributed by atoms with E-state index in [0.717, 1.165) is 0 Å². The Labute approximate surface area is 48.1 Å². The molecule has 2 bridgehead atoms. The zero-order valence-electron chi connectivity index (χ0n) is 4.39. The van der Waals surface area contributed by atoms with Crippen molar-refractivity contribution in [3.8, 4) is 0 Å². The summed E-state index contributed by atoms with van der Waals surface area (Å²) in [4.78, 5) is 0. The lowest BCUT2D eigenvalue weighted by Gasteiger charge is -1.92. The van der Waals surface area contributed by atoms with Crippen LogP contribution in [0.25, 0.3) is 10.8 Å². The maximum Gasteiger partial charge on any atom is -0.00992 e. The highest BCUT2D eigenvalue weighted by Crippen LogP contribution is 2.09. The molecule has 0 aliphatic carbocycles. The first-order valence-corrected chi connectivity index (χ1v) is 2.65. The molecule has 0 aromatic heterocycles. The van der Waals surface area contributed by atoms with E-state index in [1.165, 1.54) is 10.8 Å². The Morgan fingerprint density at radius 3 is 1.88 bits per heavy atom. The minimum Gasteiger partial charge on any atom is -0.0543 e. The van der Waals surface area contributed by atoms with E-state index in [9.17, 15) is 0 Å². The van der Waals surface area contributed by atoms with E-state index in [1.807, 2.05) is 6.07 Å². The lowest BCUT2D eigenvalue weighted by Crippen LogP contribution is -1.68.